The summed E-state index contributed by atoms with van der Waals surface area (Å²) in [6, 6.07) is 6.80. The van der Waals surface area contributed by atoms with Gasteiger partial charge in [0.1, 0.15) is 16.8 Å². The molecule has 0 unspecified atom stereocenters. The van der Waals surface area contributed by atoms with E-state index in [2.05, 4.69) is 0 Å². The van der Waals surface area contributed by atoms with Crippen LogP contribution in [-0.2, 0) is 4.79 Å². The Morgan fingerprint density at radius 3 is 2.81 bits per heavy atom. The Labute approximate surface area is 131 Å². The lowest BCUT2D eigenvalue weighted by atomic mass is 10.2. The van der Waals surface area contributed by atoms with Gasteiger partial charge >= 0.3 is 5.97 Å². The number of carbonyl (C=O) groups is 1. The molecule has 112 valence electrons. The molecule has 0 amide bonds. The zero-order valence-electron chi connectivity index (χ0n) is 11.5. The molecule has 2 aliphatic rings. The van der Waals surface area contributed by atoms with Gasteiger partial charge in [-0.05, 0) is 19.2 Å². The number of aromatic hydroxyl groups is 1. The third kappa shape index (κ3) is 2.77. The zero-order valence-corrected chi connectivity index (χ0v) is 13.1. The third-order valence-corrected chi connectivity index (χ3v) is 6.34. The van der Waals surface area contributed by atoms with Gasteiger partial charge in [-0.1, -0.05) is 12.1 Å². The Hall–Kier alpha value is -1.18. The maximum absolute atomic E-state index is 11.2. The molecule has 2 aliphatic heterocycles. The number of hydrogen-bond acceptors (Lipinski definition) is 6. The van der Waals surface area contributed by atoms with Gasteiger partial charge in [0, 0.05) is 17.1 Å². The lowest BCUT2D eigenvalue weighted by Crippen LogP contribution is -2.42. The van der Waals surface area contributed by atoms with Crippen molar-refractivity contribution in [3.05, 3.63) is 29.8 Å². The molecule has 0 aromatic heterocycles. The van der Waals surface area contributed by atoms with Crippen LogP contribution < -0.4 is 0 Å². The number of aliphatic carboxylic acids is 1. The minimum absolute atomic E-state index is 0.0592. The minimum Gasteiger partial charge on any atom is -0.507 e. The van der Waals surface area contributed by atoms with Gasteiger partial charge in [0.2, 0.25) is 0 Å². The number of thioether (sulfide) groups is 2. The second-order valence-electron chi connectivity index (χ2n) is 5.07. The van der Waals surface area contributed by atoms with E-state index in [1.807, 2.05) is 24.1 Å². The number of nitrogens with zero attached hydrogens (tertiary/aromatic N) is 2. The molecule has 1 saturated heterocycles. The van der Waals surface area contributed by atoms with Gasteiger partial charge in [0.05, 0.1) is 11.4 Å². The number of para-hydroxylation sites is 1. The van der Waals surface area contributed by atoms with Crippen LogP contribution in [0.1, 0.15) is 5.56 Å². The van der Waals surface area contributed by atoms with Gasteiger partial charge in [0.25, 0.3) is 0 Å². The highest BCUT2D eigenvalue weighted by Gasteiger charge is 2.41. The predicted octanol–water partition coefficient (Wildman–Crippen LogP) is 1.71. The van der Waals surface area contributed by atoms with Gasteiger partial charge < -0.3 is 10.2 Å². The minimum atomic E-state index is -0.775. The Balaban J connectivity index is 1.78. The normalized spacial score (nSPS) is 29.6. The number of carboxylic acids is 1. The van der Waals surface area contributed by atoms with Crippen molar-refractivity contribution in [2.45, 2.75) is 17.5 Å². The molecule has 1 aromatic rings. The fourth-order valence-corrected chi connectivity index (χ4v) is 5.33. The highest BCUT2D eigenvalue weighted by molar-refractivity contribution is 8.14. The summed E-state index contributed by atoms with van der Waals surface area (Å²) < 4.78 is 0. The Kier molecular flexibility index (Phi) is 4.14. The highest BCUT2D eigenvalue weighted by Crippen LogP contribution is 2.37. The molecule has 0 aliphatic carbocycles. The third-order valence-electron chi connectivity index (χ3n) is 3.74. The quantitative estimate of drug-likeness (QED) is 0.882. The molecule has 0 saturated carbocycles. The van der Waals surface area contributed by atoms with E-state index in [1.165, 1.54) is 0 Å². The average molecular weight is 324 g/mol. The fourth-order valence-electron chi connectivity index (χ4n) is 2.57. The molecule has 0 bridgehead atoms. The summed E-state index contributed by atoms with van der Waals surface area (Å²) in [6.45, 7) is 0. The zero-order chi connectivity index (χ0) is 15.0. The number of benzene rings is 1. The lowest BCUT2D eigenvalue weighted by molar-refractivity contribution is -0.141. The van der Waals surface area contributed by atoms with E-state index in [4.69, 9.17) is 4.99 Å². The summed E-state index contributed by atoms with van der Waals surface area (Å²) in [7, 11) is 1.85. The van der Waals surface area contributed by atoms with E-state index in [-0.39, 0.29) is 17.2 Å². The van der Waals surface area contributed by atoms with Crippen molar-refractivity contribution in [3.8, 4) is 5.75 Å². The van der Waals surface area contributed by atoms with E-state index in [0.29, 0.717) is 5.75 Å². The van der Waals surface area contributed by atoms with E-state index in [0.717, 1.165) is 16.4 Å². The summed E-state index contributed by atoms with van der Waals surface area (Å²) in [5.74, 6) is 0.875. The molecular weight excluding hydrogens is 308 g/mol. The Morgan fingerprint density at radius 2 is 2.14 bits per heavy atom. The molecule has 5 nitrogen and oxygen atoms in total. The molecule has 2 heterocycles. The van der Waals surface area contributed by atoms with Crippen molar-refractivity contribution in [1.29, 1.82) is 0 Å². The molecule has 7 heteroatoms. The first-order valence-electron chi connectivity index (χ1n) is 6.63. The van der Waals surface area contributed by atoms with E-state index in [1.54, 1.807) is 35.7 Å². The van der Waals surface area contributed by atoms with Crippen LogP contribution in [0.3, 0.4) is 0 Å². The van der Waals surface area contributed by atoms with Crippen LogP contribution in [0.25, 0.3) is 0 Å². The number of likely N-dealkylation sites (N-methyl/N-ethyl adjacent to an activating group) is 1. The van der Waals surface area contributed by atoms with Crippen LogP contribution >= 0.6 is 23.5 Å². The number of carboxylic acid groups (broad SMARTS) is 1. The van der Waals surface area contributed by atoms with Gasteiger partial charge in [-0.2, -0.15) is 0 Å². The summed E-state index contributed by atoms with van der Waals surface area (Å²) in [4.78, 5) is 17.8. The molecule has 3 atom stereocenters. The van der Waals surface area contributed by atoms with Gasteiger partial charge in [-0.3, -0.25) is 14.7 Å². The summed E-state index contributed by atoms with van der Waals surface area (Å²) in [5, 5.41) is 20.0. The first-order valence-corrected chi connectivity index (χ1v) is 8.66. The van der Waals surface area contributed by atoms with E-state index < -0.39 is 12.0 Å². The topological polar surface area (TPSA) is 73.1 Å². The second kappa shape index (κ2) is 5.90. The van der Waals surface area contributed by atoms with Gasteiger partial charge in [0.15, 0.2) is 0 Å². The van der Waals surface area contributed by atoms with Crippen LogP contribution in [0.2, 0.25) is 0 Å². The first kappa shape index (κ1) is 14.7. The van der Waals surface area contributed by atoms with Crippen molar-refractivity contribution >= 4 is 34.5 Å². The first-order chi connectivity index (χ1) is 10.1. The van der Waals surface area contributed by atoms with Crippen LogP contribution in [0, 0.1) is 0 Å². The van der Waals surface area contributed by atoms with Crippen LogP contribution in [-0.4, -0.2) is 62.1 Å². The standard InChI is InChI=1S/C14H16N2O3S2/c1-16-10(14(18)19)7-21-13(16)9-6-20-12(15-9)8-4-2-3-5-11(8)17/h2-5,9-10,13,17H,6-7H2,1H3,(H,18,19)/t9-,10+,13+/m1/s1. The smallest absolute Gasteiger partial charge is 0.321 e. The monoisotopic (exact) mass is 324 g/mol. The molecule has 1 aromatic carbocycles. The number of rotatable bonds is 3. The Morgan fingerprint density at radius 1 is 1.38 bits per heavy atom. The van der Waals surface area contributed by atoms with Crippen molar-refractivity contribution < 1.29 is 15.0 Å². The second-order valence-corrected chi connectivity index (χ2v) is 7.23. The SMILES string of the molecule is CN1[C@H](C(=O)O)CS[C@H]1[C@H]1CSC(c2ccccc2O)=N1. The summed E-state index contributed by atoms with van der Waals surface area (Å²) in [5.41, 5.74) is 0.755. The summed E-state index contributed by atoms with van der Waals surface area (Å²) >= 11 is 3.27. The Bertz CT molecular complexity index is 593. The number of hydrogen-bond donors (Lipinski definition) is 2. The van der Waals surface area contributed by atoms with Crippen molar-refractivity contribution in [2.75, 3.05) is 18.6 Å². The van der Waals surface area contributed by atoms with Crippen molar-refractivity contribution in [2.24, 2.45) is 4.99 Å². The predicted molar refractivity (Wildman–Crippen MR) is 86.3 cm³/mol. The molecule has 2 N–H and O–H groups in total. The average Bonchev–Trinajstić information content (AvgIpc) is 3.05. The molecular formula is C14H16N2O3S2. The van der Waals surface area contributed by atoms with E-state index in [9.17, 15) is 15.0 Å². The maximum atomic E-state index is 11.2. The fraction of sp³-hybridized carbons (Fsp3) is 0.429. The molecule has 1 fully saturated rings. The van der Waals surface area contributed by atoms with Gasteiger partial charge in [-0.25, -0.2) is 0 Å². The number of phenolic OH excluding ortho intramolecular Hbond substituents is 1. The molecule has 3 rings (SSSR count). The lowest BCUT2D eigenvalue weighted by Gasteiger charge is -2.24. The molecule has 21 heavy (non-hydrogen) atoms. The highest BCUT2D eigenvalue weighted by atomic mass is 32.2. The largest absolute Gasteiger partial charge is 0.507 e. The number of aliphatic imine (C=N–C) groups is 1. The van der Waals surface area contributed by atoms with Crippen LogP contribution in [0.15, 0.2) is 29.3 Å². The maximum Gasteiger partial charge on any atom is 0.321 e. The van der Waals surface area contributed by atoms with Crippen molar-refractivity contribution in [3.63, 3.8) is 0 Å². The van der Waals surface area contributed by atoms with Crippen LogP contribution in [0.4, 0.5) is 0 Å². The number of phenols is 1. The van der Waals surface area contributed by atoms with E-state index >= 15 is 0 Å². The molecule has 0 radical (unpaired) electrons. The van der Waals surface area contributed by atoms with Gasteiger partial charge in [-0.15, -0.1) is 23.5 Å². The molecule has 0 spiro atoms. The van der Waals surface area contributed by atoms with Crippen LogP contribution in [0.5, 0.6) is 5.75 Å². The van der Waals surface area contributed by atoms with Crippen molar-refractivity contribution in [1.82, 2.24) is 4.90 Å². The summed E-state index contributed by atoms with van der Waals surface area (Å²) in [6.07, 6.45) is 0.